The third-order valence-corrected chi connectivity index (χ3v) is 5.98. The van der Waals surface area contributed by atoms with Gasteiger partial charge in [0.2, 0.25) is 0 Å². The Bertz CT molecular complexity index is 1280. The summed E-state index contributed by atoms with van der Waals surface area (Å²) in [4.78, 5) is 29.5. The van der Waals surface area contributed by atoms with Gasteiger partial charge in [0.05, 0.1) is 23.9 Å². The van der Waals surface area contributed by atoms with Gasteiger partial charge in [0.15, 0.2) is 0 Å². The summed E-state index contributed by atoms with van der Waals surface area (Å²) in [6.45, 7) is 4.27. The molecule has 0 spiro atoms. The van der Waals surface area contributed by atoms with Gasteiger partial charge in [-0.3, -0.25) is 9.36 Å². The second kappa shape index (κ2) is 10.8. The van der Waals surface area contributed by atoms with Crippen molar-refractivity contribution in [2.45, 2.75) is 39.7 Å². The molecule has 0 unspecified atom stereocenters. The van der Waals surface area contributed by atoms with Crippen LogP contribution in [0.3, 0.4) is 0 Å². The van der Waals surface area contributed by atoms with Crippen LogP contribution in [-0.4, -0.2) is 41.5 Å². The second-order valence-corrected chi connectivity index (χ2v) is 8.75. The third-order valence-electron chi connectivity index (χ3n) is 5.98. The van der Waals surface area contributed by atoms with Crippen molar-refractivity contribution < 1.29 is 4.79 Å². The van der Waals surface area contributed by atoms with E-state index in [-0.39, 0.29) is 18.1 Å². The fourth-order valence-electron chi connectivity index (χ4n) is 4.19. The standard InChI is InChI=1S/C28H32N4O2/c1-6-7-13-22-17-20(2)25(19-31(5)28(34)30(3)4)27(33)32(22)26-16-11-10-15-24(26)23-14-9-8-12-21(23)18-29/h8-12,14-17H,6-7,13,19H2,1-5H3. The Hall–Kier alpha value is -3.85. The molecule has 0 aliphatic heterocycles. The fraction of sp³-hybridized carbons (Fsp3) is 0.321. The van der Waals surface area contributed by atoms with Crippen LogP contribution in [-0.2, 0) is 13.0 Å². The molecule has 0 radical (unpaired) electrons. The lowest BCUT2D eigenvalue weighted by atomic mass is 9.97. The minimum atomic E-state index is -0.163. The Kier molecular flexibility index (Phi) is 7.91. The van der Waals surface area contributed by atoms with Gasteiger partial charge in [0.25, 0.3) is 5.56 Å². The molecular weight excluding hydrogens is 424 g/mol. The predicted octanol–water partition coefficient (Wildman–Crippen LogP) is 5.14. The van der Waals surface area contributed by atoms with Gasteiger partial charge in [-0.05, 0) is 43.5 Å². The first-order valence-electron chi connectivity index (χ1n) is 11.6. The molecule has 2 aromatic carbocycles. The maximum absolute atomic E-state index is 14.0. The van der Waals surface area contributed by atoms with E-state index in [9.17, 15) is 14.9 Å². The summed E-state index contributed by atoms with van der Waals surface area (Å²) in [5.74, 6) is 0. The third kappa shape index (κ3) is 5.04. The van der Waals surface area contributed by atoms with Gasteiger partial charge >= 0.3 is 6.03 Å². The highest BCUT2D eigenvalue weighted by Crippen LogP contribution is 2.30. The number of para-hydroxylation sites is 1. The van der Waals surface area contributed by atoms with E-state index in [0.717, 1.165) is 47.3 Å². The van der Waals surface area contributed by atoms with Crippen LogP contribution in [0.2, 0.25) is 0 Å². The van der Waals surface area contributed by atoms with Crippen LogP contribution in [0.5, 0.6) is 0 Å². The highest BCUT2D eigenvalue weighted by molar-refractivity contribution is 5.78. The van der Waals surface area contributed by atoms with Crippen molar-refractivity contribution in [1.82, 2.24) is 14.4 Å². The molecule has 0 aliphatic carbocycles. The van der Waals surface area contributed by atoms with Crippen LogP contribution >= 0.6 is 0 Å². The highest BCUT2D eigenvalue weighted by atomic mass is 16.2. The lowest BCUT2D eigenvalue weighted by Gasteiger charge is -2.24. The molecule has 34 heavy (non-hydrogen) atoms. The molecule has 3 aromatic rings. The van der Waals surface area contributed by atoms with Crippen molar-refractivity contribution in [2.24, 2.45) is 0 Å². The molecule has 0 bridgehead atoms. The van der Waals surface area contributed by atoms with Crippen LogP contribution in [0.15, 0.2) is 59.4 Å². The second-order valence-electron chi connectivity index (χ2n) is 8.75. The van der Waals surface area contributed by atoms with Crippen LogP contribution in [0.1, 0.15) is 42.1 Å². The van der Waals surface area contributed by atoms with Crippen molar-refractivity contribution >= 4 is 6.03 Å². The van der Waals surface area contributed by atoms with E-state index >= 15 is 0 Å². The van der Waals surface area contributed by atoms with E-state index in [4.69, 9.17) is 0 Å². The van der Waals surface area contributed by atoms with E-state index in [0.29, 0.717) is 11.1 Å². The summed E-state index contributed by atoms with van der Waals surface area (Å²) in [7, 11) is 5.09. The average molecular weight is 457 g/mol. The first kappa shape index (κ1) is 24.8. The maximum Gasteiger partial charge on any atom is 0.319 e. The number of benzene rings is 2. The summed E-state index contributed by atoms with van der Waals surface area (Å²) in [5, 5.41) is 9.68. The smallest absolute Gasteiger partial charge is 0.319 e. The van der Waals surface area contributed by atoms with E-state index in [1.807, 2.05) is 49.4 Å². The predicted molar refractivity (Wildman–Crippen MR) is 136 cm³/mol. The molecule has 0 fully saturated rings. The maximum atomic E-state index is 14.0. The van der Waals surface area contributed by atoms with Gasteiger partial charge in [-0.15, -0.1) is 0 Å². The Labute approximate surface area is 201 Å². The number of amides is 2. The number of urea groups is 1. The van der Waals surface area contributed by atoms with Crippen molar-refractivity contribution in [1.29, 1.82) is 5.26 Å². The van der Waals surface area contributed by atoms with Crippen LogP contribution in [0.25, 0.3) is 16.8 Å². The number of pyridine rings is 1. The zero-order valence-corrected chi connectivity index (χ0v) is 20.6. The first-order chi connectivity index (χ1) is 16.3. The molecule has 0 atom stereocenters. The van der Waals surface area contributed by atoms with Gasteiger partial charge in [-0.1, -0.05) is 49.7 Å². The number of hydrogen-bond acceptors (Lipinski definition) is 3. The summed E-state index contributed by atoms with van der Waals surface area (Å²) >= 11 is 0. The zero-order valence-electron chi connectivity index (χ0n) is 20.6. The summed E-state index contributed by atoms with van der Waals surface area (Å²) in [6.07, 6.45) is 2.72. The number of nitriles is 1. The number of carbonyl (C=O) groups is 1. The van der Waals surface area contributed by atoms with Gasteiger partial charge in [0, 0.05) is 43.5 Å². The molecule has 2 amide bonds. The van der Waals surface area contributed by atoms with Crippen LogP contribution in [0.4, 0.5) is 4.79 Å². The normalized spacial score (nSPS) is 10.6. The van der Waals surface area contributed by atoms with Gasteiger partial charge in [-0.2, -0.15) is 5.26 Å². The minimum absolute atomic E-state index is 0.133. The molecule has 3 rings (SSSR count). The van der Waals surface area contributed by atoms with Crippen molar-refractivity contribution in [3.05, 3.63) is 87.3 Å². The molecule has 1 aromatic heterocycles. The number of carbonyl (C=O) groups excluding carboxylic acids is 1. The molecular formula is C28H32N4O2. The van der Waals surface area contributed by atoms with Crippen molar-refractivity contribution in [2.75, 3.05) is 21.1 Å². The number of hydrogen-bond donors (Lipinski definition) is 0. The SMILES string of the molecule is CCCCc1cc(C)c(CN(C)C(=O)N(C)C)c(=O)n1-c1ccccc1-c1ccccc1C#N. The highest BCUT2D eigenvalue weighted by Gasteiger charge is 2.20. The molecule has 0 saturated carbocycles. The quantitative estimate of drug-likeness (QED) is 0.494. The zero-order chi connectivity index (χ0) is 24.8. The topological polar surface area (TPSA) is 69.3 Å². The Morgan fingerprint density at radius 1 is 1.03 bits per heavy atom. The molecule has 0 N–H and O–H groups in total. The Balaban J connectivity index is 2.27. The van der Waals surface area contributed by atoms with Gasteiger partial charge in [0.1, 0.15) is 0 Å². The number of unbranched alkanes of at least 4 members (excludes halogenated alkanes) is 1. The Morgan fingerprint density at radius 3 is 2.32 bits per heavy atom. The monoisotopic (exact) mass is 456 g/mol. The van der Waals surface area contributed by atoms with E-state index in [1.54, 1.807) is 36.7 Å². The Morgan fingerprint density at radius 2 is 1.68 bits per heavy atom. The average Bonchev–Trinajstić information content (AvgIpc) is 2.84. The molecule has 6 heteroatoms. The van der Waals surface area contributed by atoms with Gasteiger partial charge < -0.3 is 9.80 Å². The largest absolute Gasteiger partial charge is 0.331 e. The molecule has 176 valence electrons. The summed E-state index contributed by atoms with van der Waals surface area (Å²) < 4.78 is 1.77. The number of aryl methyl sites for hydroxylation is 2. The fourth-order valence-corrected chi connectivity index (χ4v) is 4.19. The number of aromatic nitrogens is 1. The molecule has 0 aliphatic rings. The lowest BCUT2D eigenvalue weighted by molar-refractivity contribution is 0.179. The van der Waals surface area contributed by atoms with E-state index < -0.39 is 0 Å². The molecule has 6 nitrogen and oxygen atoms in total. The lowest BCUT2D eigenvalue weighted by Crippen LogP contribution is -2.38. The van der Waals surface area contributed by atoms with Crippen molar-refractivity contribution in [3.8, 4) is 22.9 Å². The first-order valence-corrected chi connectivity index (χ1v) is 11.6. The van der Waals surface area contributed by atoms with Crippen LogP contribution < -0.4 is 5.56 Å². The van der Waals surface area contributed by atoms with E-state index in [2.05, 4.69) is 19.1 Å². The molecule has 1 heterocycles. The van der Waals surface area contributed by atoms with E-state index in [1.165, 1.54) is 4.90 Å². The van der Waals surface area contributed by atoms with Gasteiger partial charge in [-0.25, -0.2) is 4.79 Å². The minimum Gasteiger partial charge on any atom is -0.331 e. The summed E-state index contributed by atoms with van der Waals surface area (Å²) in [6, 6.07) is 19.3. The molecule has 0 saturated heterocycles. The van der Waals surface area contributed by atoms with Crippen molar-refractivity contribution in [3.63, 3.8) is 0 Å². The summed E-state index contributed by atoms with van der Waals surface area (Å²) in [5.41, 5.74) is 5.17. The van der Waals surface area contributed by atoms with Crippen LogP contribution in [0, 0.1) is 18.3 Å². The number of nitrogens with zero attached hydrogens (tertiary/aromatic N) is 4. The number of rotatable bonds is 7.